The standard InChI is InChI=1S/C19H22N4O7S/c24-16(30-11-14-2-1-9-29-14)10-15-18(26)20-7-8-22(15)19(31)21-17(25)12-3-5-13(6-4-12)23(27)28/h3-6,14-15H,1-2,7-11H2,(H,20,26)(H,21,25,31)/t14-,15+/m0/s1. The smallest absolute Gasteiger partial charge is 0.308 e. The molecule has 11 nitrogen and oxygen atoms in total. The number of hydrogen-bond acceptors (Lipinski definition) is 8. The first-order valence-corrected chi connectivity index (χ1v) is 10.2. The molecule has 1 aromatic carbocycles. The van der Waals surface area contributed by atoms with Crippen LogP contribution in [0.25, 0.3) is 0 Å². The summed E-state index contributed by atoms with van der Waals surface area (Å²) in [5.41, 5.74) is 0.0235. The van der Waals surface area contributed by atoms with Gasteiger partial charge in [-0.2, -0.15) is 0 Å². The van der Waals surface area contributed by atoms with Crippen LogP contribution in [-0.2, 0) is 19.1 Å². The first kappa shape index (κ1) is 22.6. The third-order valence-corrected chi connectivity index (χ3v) is 5.30. The molecule has 0 saturated carbocycles. The Morgan fingerprint density at radius 1 is 1.35 bits per heavy atom. The summed E-state index contributed by atoms with van der Waals surface area (Å²) >= 11 is 5.29. The van der Waals surface area contributed by atoms with Gasteiger partial charge in [0.05, 0.1) is 17.4 Å². The van der Waals surface area contributed by atoms with E-state index in [-0.39, 0.29) is 35.5 Å². The number of carbonyl (C=O) groups is 3. The molecule has 3 rings (SSSR count). The lowest BCUT2D eigenvalue weighted by Gasteiger charge is -2.36. The maximum absolute atomic E-state index is 12.4. The Labute approximate surface area is 183 Å². The van der Waals surface area contributed by atoms with Gasteiger partial charge in [-0.3, -0.25) is 29.8 Å². The van der Waals surface area contributed by atoms with E-state index in [2.05, 4.69) is 10.6 Å². The minimum absolute atomic E-state index is 0.0184. The average molecular weight is 450 g/mol. The minimum Gasteiger partial charge on any atom is -0.463 e. The van der Waals surface area contributed by atoms with Crippen LogP contribution in [0.15, 0.2) is 24.3 Å². The maximum atomic E-state index is 12.4. The molecule has 12 heteroatoms. The van der Waals surface area contributed by atoms with Crippen molar-refractivity contribution < 1.29 is 28.8 Å². The Kier molecular flexibility index (Phi) is 7.47. The van der Waals surface area contributed by atoms with Crippen molar-refractivity contribution in [1.29, 1.82) is 0 Å². The molecule has 0 radical (unpaired) electrons. The molecule has 2 heterocycles. The van der Waals surface area contributed by atoms with Crippen molar-refractivity contribution >= 4 is 40.8 Å². The molecular formula is C19H22N4O7S. The van der Waals surface area contributed by atoms with Gasteiger partial charge in [-0.15, -0.1) is 0 Å². The predicted octanol–water partition coefficient (Wildman–Crippen LogP) is 0.522. The van der Waals surface area contributed by atoms with Gasteiger partial charge in [0.1, 0.15) is 12.6 Å². The van der Waals surface area contributed by atoms with E-state index in [1.54, 1.807) is 0 Å². The molecule has 0 aromatic heterocycles. The highest BCUT2D eigenvalue weighted by Crippen LogP contribution is 2.15. The SMILES string of the molecule is O=C(C[C@@H]1C(=O)NCCN1C(=S)NC(=O)c1ccc([N+](=O)[O-])cc1)OC[C@@H]1CCCO1. The lowest BCUT2D eigenvalue weighted by Crippen LogP contribution is -2.60. The number of thiocarbonyl (C=S) groups is 1. The van der Waals surface area contributed by atoms with Crippen LogP contribution in [-0.4, -0.2) is 71.2 Å². The number of nitrogens with one attached hydrogen (secondary N) is 2. The van der Waals surface area contributed by atoms with Gasteiger partial charge in [-0.25, -0.2) is 0 Å². The van der Waals surface area contributed by atoms with Crippen LogP contribution in [0.3, 0.4) is 0 Å². The monoisotopic (exact) mass is 450 g/mol. The number of ether oxygens (including phenoxy) is 2. The van der Waals surface area contributed by atoms with Crippen LogP contribution in [0, 0.1) is 10.1 Å². The number of non-ortho nitro benzene ring substituents is 1. The number of hydrogen-bond donors (Lipinski definition) is 2. The summed E-state index contributed by atoms with van der Waals surface area (Å²) in [4.78, 5) is 48.7. The fourth-order valence-corrected chi connectivity index (χ4v) is 3.63. The average Bonchev–Trinajstić information content (AvgIpc) is 3.27. The fraction of sp³-hybridized carbons (Fsp3) is 0.474. The molecule has 2 fully saturated rings. The molecule has 2 amide bonds. The summed E-state index contributed by atoms with van der Waals surface area (Å²) in [6.07, 6.45) is 1.39. The summed E-state index contributed by atoms with van der Waals surface area (Å²) in [5, 5.41) is 15.9. The van der Waals surface area contributed by atoms with Gasteiger partial charge in [0.15, 0.2) is 5.11 Å². The van der Waals surface area contributed by atoms with Crippen molar-refractivity contribution in [2.75, 3.05) is 26.3 Å². The summed E-state index contributed by atoms with van der Waals surface area (Å²) in [5.74, 6) is -1.54. The third kappa shape index (κ3) is 5.95. The zero-order valence-electron chi connectivity index (χ0n) is 16.6. The van der Waals surface area contributed by atoms with Crippen LogP contribution in [0.4, 0.5) is 5.69 Å². The highest BCUT2D eigenvalue weighted by molar-refractivity contribution is 7.80. The van der Waals surface area contributed by atoms with Crippen LogP contribution in [0.1, 0.15) is 29.6 Å². The summed E-state index contributed by atoms with van der Waals surface area (Å²) < 4.78 is 10.6. The Bertz CT molecular complexity index is 871. The van der Waals surface area contributed by atoms with Gasteiger partial charge in [0, 0.05) is 37.4 Å². The van der Waals surface area contributed by atoms with Crippen molar-refractivity contribution in [2.24, 2.45) is 0 Å². The second-order valence-electron chi connectivity index (χ2n) is 7.09. The number of nitro benzene ring substituents is 1. The van der Waals surface area contributed by atoms with Crippen molar-refractivity contribution in [3.8, 4) is 0 Å². The predicted molar refractivity (Wildman–Crippen MR) is 111 cm³/mol. The van der Waals surface area contributed by atoms with Gasteiger partial charge in [-0.1, -0.05) is 0 Å². The highest BCUT2D eigenvalue weighted by Gasteiger charge is 2.34. The molecule has 2 aliphatic rings. The lowest BCUT2D eigenvalue weighted by molar-refractivity contribution is -0.384. The molecule has 0 bridgehead atoms. The second-order valence-corrected chi connectivity index (χ2v) is 7.47. The summed E-state index contributed by atoms with van der Waals surface area (Å²) in [6.45, 7) is 1.38. The third-order valence-electron chi connectivity index (χ3n) is 4.97. The van der Waals surface area contributed by atoms with E-state index in [0.717, 1.165) is 12.8 Å². The van der Waals surface area contributed by atoms with E-state index in [9.17, 15) is 24.5 Å². The first-order chi connectivity index (χ1) is 14.8. The number of benzene rings is 1. The first-order valence-electron chi connectivity index (χ1n) is 9.76. The van der Waals surface area contributed by atoms with Gasteiger partial charge < -0.3 is 19.7 Å². The molecule has 2 N–H and O–H groups in total. The van der Waals surface area contributed by atoms with E-state index in [1.807, 2.05) is 0 Å². The van der Waals surface area contributed by atoms with Crippen LogP contribution < -0.4 is 10.6 Å². The molecule has 2 saturated heterocycles. The maximum Gasteiger partial charge on any atom is 0.308 e. The fourth-order valence-electron chi connectivity index (χ4n) is 3.31. The summed E-state index contributed by atoms with van der Waals surface area (Å²) in [7, 11) is 0. The topological polar surface area (TPSA) is 140 Å². The number of esters is 1. The van der Waals surface area contributed by atoms with Crippen LogP contribution in [0.5, 0.6) is 0 Å². The van der Waals surface area contributed by atoms with Gasteiger partial charge in [0.2, 0.25) is 5.91 Å². The second kappa shape index (κ2) is 10.3. The quantitative estimate of drug-likeness (QED) is 0.275. The number of nitrogens with zero attached hydrogens (tertiary/aromatic N) is 2. The lowest BCUT2D eigenvalue weighted by atomic mass is 10.1. The van der Waals surface area contributed by atoms with E-state index >= 15 is 0 Å². The largest absolute Gasteiger partial charge is 0.463 e. The number of piperazine rings is 1. The molecule has 1 aromatic rings. The van der Waals surface area contributed by atoms with Crippen LogP contribution >= 0.6 is 12.2 Å². The van der Waals surface area contributed by atoms with Crippen molar-refractivity contribution in [3.05, 3.63) is 39.9 Å². The molecule has 0 unspecified atom stereocenters. The molecular weight excluding hydrogens is 428 g/mol. The Morgan fingerprint density at radius 3 is 2.74 bits per heavy atom. The van der Waals surface area contributed by atoms with Crippen LogP contribution in [0.2, 0.25) is 0 Å². The zero-order valence-corrected chi connectivity index (χ0v) is 17.4. The molecule has 2 atom stereocenters. The van der Waals surface area contributed by atoms with E-state index < -0.39 is 28.7 Å². The van der Waals surface area contributed by atoms with E-state index in [1.165, 1.54) is 29.2 Å². The van der Waals surface area contributed by atoms with Gasteiger partial charge >= 0.3 is 5.97 Å². The molecule has 166 valence electrons. The van der Waals surface area contributed by atoms with Crippen molar-refractivity contribution in [2.45, 2.75) is 31.4 Å². The molecule has 0 spiro atoms. The van der Waals surface area contributed by atoms with Crippen molar-refractivity contribution in [1.82, 2.24) is 15.5 Å². The van der Waals surface area contributed by atoms with Gasteiger partial charge in [-0.05, 0) is 37.2 Å². The number of nitro groups is 1. The van der Waals surface area contributed by atoms with E-state index in [4.69, 9.17) is 21.7 Å². The Morgan fingerprint density at radius 2 is 2.10 bits per heavy atom. The highest BCUT2D eigenvalue weighted by atomic mass is 32.1. The molecule has 2 aliphatic heterocycles. The van der Waals surface area contributed by atoms with Crippen molar-refractivity contribution in [3.63, 3.8) is 0 Å². The Hall–Kier alpha value is -3.12. The zero-order chi connectivity index (χ0) is 22.4. The molecule has 0 aliphatic carbocycles. The Balaban J connectivity index is 1.59. The van der Waals surface area contributed by atoms with E-state index in [0.29, 0.717) is 19.7 Å². The number of amides is 2. The number of carbonyl (C=O) groups excluding carboxylic acids is 3. The number of rotatable bonds is 6. The normalized spacial score (nSPS) is 20.6. The minimum atomic E-state index is -0.921. The van der Waals surface area contributed by atoms with Gasteiger partial charge in [0.25, 0.3) is 11.6 Å². The molecule has 31 heavy (non-hydrogen) atoms. The summed E-state index contributed by atoms with van der Waals surface area (Å²) in [6, 6.07) is 4.10.